The van der Waals surface area contributed by atoms with Crippen molar-refractivity contribution in [1.82, 2.24) is 15.0 Å². The number of aliphatic hydroxyl groups is 1. The molecule has 96 valence electrons. The lowest BCUT2D eigenvalue weighted by Crippen LogP contribution is -2.00. The van der Waals surface area contributed by atoms with Crippen LogP contribution in [0.5, 0.6) is 0 Å². The van der Waals surface area contributed by atoms with Crippen LogP contribution < -0.4 is 0 Å². The average Bonchev–Trinajstić information content (AvgIpc) is 2.95. The quantitative estimate of drug-likeness (QED) is 0.922. The third-order valence-corrected chi connectivity index (χ3v) is 4.74. The van der Waals surface area contributed by atoms with Crippen molar-refractivity contribution in [3.63, 3.8) is 0 Å². The summed E-state index contributed by atoms with van der Waals surface area (Å²) < 4.78 is 1.67. The van der Waals surface area contributed by atoms with Crippen LogP contribution in [0.15, 0.2) is 12.3 Å². The van der Waals surface area contributed by atoms with Crippen molar-refractivity contribution in [2.75, 3.05) is 0 Å². The Bertz CT molecular complexity index is 523. The van der Waals surface area contributed by atoms with Gasteiger partial charge in [0, 0.05) is 29.4 Å². The van der Waals surface area contributed by atoms with Crippen LogP contribution in [0.2, 0.25) is 0 Å². The van der Waals surface area contributed by atoms with Gasteiger partial charge in [0.2, 0.25) is 0 Å². The van der Waals surface area contributed by atoms with E-state index in [0.29, 0.717) is 6.42 Å². The molecule has 2 aromatic rings. The predicted octanol–water partition coefficient (Wildman–Crippen LogP) is 2.03. The molecule has 3 rings (SSSR count). The summed E-state index contributed by atoms with van der Waals surface area (Å²) in [6.45, 7) is 0. The molecule has 0 amide bonds. The fourth-order valence-electron chi connectivity index (χ4n) is 2.47. The molecule has 0 aliphatic heterocycles. The zero-order valence-corrected chi connectivity index (χ0v) is 11.3. The first kappa shape index (κ1) is 11.9. The summed E-state index contributed by atoms with van der Waals surface area (Å²) in [7, 11) is 1.84. The number of rotatable bonds is 3. The lowest BCUT2D eigenvalue weighted by molar-refractivity contribution is 0.181. The van der Waals surface area contributed by atoms with Gasteiger partial charge < -0.3 is 5.11 Å². The van der Waals surface area contributed by atoms with Crippen molar-refractivity contribution in [2.45, 2.75) is 38.2 Å². The summed E-state index contributed by atoms with van der Waals surface area (Å²) in [5.74, 6) is 0. The first-order valence-electron chi connectivity index (χ1n) is 6.37. The number of nitrogens with zero attached hydrogens (tertiary/aromatic N) is 3. The molecule has 1 atom stereocenters. The van der Waals surface area contributed by atoms with Crippen LogP contribution in [-0.4, -0.2) is 20.1 Å². The zero-order chi connectivity index (χ0) is 12.5. The lowest BCUT2D eigenvalue weighted by Gasteiger charge is -2.08. The van der Waals surface area contributed by atoms with Gasteiger partial charge in [-0.2, -0.15) is 0 Å². The van der Waals surface area contributed by atoms with E-state index in [2.05, 4.69) is 16.4 Å². The van der Waals surface area contributed by atoms with Gasteiger partial charge >= 0.3 is 0 Å². The van der Waals surface area contributed by atoms with E-state index in [9.17, 15) is 5.11 Å². The molecule has 0 radical (unpaired) electrons. The molecule has 0 saturated heterocycles. The molecule has 0 saturated carbocycles. The first-order chi connectivity index (χ1) is 8.72. The number of hydrogen-bond donors (Lipinski definition) is 1. The number of aryl methyl sites for hydroxylation is 3. The molecule has 0 aromatic carbocycles. The second-order valence-corrected chi connectivity index (χ2v) is 6.08. The average molecular weight is 263 g/mol. The van der Waals surface area contributed by atoms with E-state index >= 15 is 0 Å². The van der Waals surface area contributed by atoms with Gasteiger partial charge in [-0.25, -0.2) is 0 Å². The molecular weight excluding hydrogens is 246 g/mol. The Hall–Kier alpha value is -1.20. The number of fused-ring (bicyclic) bond motifs is 1. The van der Waals surface area contributed by atoms with E-state index in [-0.39, 0.29) is 0 Å². The van der Waals surface area contributed by atoms with E-state index in [1.165, 1.54) is 36.1 Å². The van der Waals surface area contributed by atoms with Crippen molar-refractivity contribution >= 4 is 11.3 Å². The van der Waals surface area contributed by atoms with Crippen molar-refractivity contribution < 1.29 is 5.11 Å². The second kappa shape index (κ2) is 4.82. The van der Waals surface area contributed by atoms with Gasteiger partial charge in [0.05, 0.1) is 11.8 Å². The Morgan fingerprint density at radius 1 is 1.44 bits per heavy atom. The van der Waals surface area contributed by atoms with Crippen molar-refractivity contribution in [2.24, 2.45) is 7.05 Å². The number of aliphatic hydroxyl groups excluding tert-OH is 1. The van der Waals surface area contributed by atoms with Crippen molar-refractivity contribution in [3.05, 3.63) is 33.3 Å². The maximum Gasteiger partial charge on any atom is 0.0938 e. The van der Waals surface area contributed by atoms with Gasteiger partial charge in [-0.15, -0.1) is 16.4 Å². The number of thiophene rings is 1. The largest absolute Gasteiger partial charge is 0.387 e. The van der Waals surface area contributed by atoms with Crippen LogP contribution in [0.1, 0.15) is 40.0 Å². The molecule has 1 aliphatic rings. The maximum atomic E-state index is 10.3. The van der Waals surface area contributed by atoms with Crippen LogP contribution in [0.4, 0.5) is 0 Å². The van der Waals surface area contributed by atoms with Crippen molar-refractivity contribution in [1.29, 1.82) is 0 Å². The summed E-state index contributed by atoms with van der Waals surface area (Å²) in [5, 5.41) is 18.2. The highest BCUT2D eigenvalue weighted by Gasteiger charge is 2.18. The minimum Gasteiger partial charge on any atom is -0.387 e. The SMILES string of the molecule is Cn1cc(CC(O)c2cc3c(s2)CCCC3)nn1. The molecule has 18 heavy (non-hydrogen) atoms. The van der Waals surface area contributed by atoms with Crippen LogP contribution in [0.3, 0.4) is 0 Å². The van der Waals surface area contributed by atoms with Gasteiger partial charge in [0.15, 0.2) is 0 Å². The smallest absolute Gasteiger partial charge is 0.0938 e. The van der Waals surface area contributed by atoms with Crippen LogP contribution in [0.25, 0.3) is 0 Å². The van der Waals surface area contributed by atoms with E-state index in [1.807, 2.05) is 13.2 Å². The van der Waals surface area contributed by atoms with E-state index in [0.717, 1.165) is 10.6 Å². The molecule has 2 heterocycles. The summed E-state index contributed by atoms with van der Waals surface area (Å²) in [5.41, 5.74) is 2.29. The molecular formula is C13H17N3OS. The molecule has 0 bridgehead atoms. The fraction of sp³-hybridized carbons (Fsp3) is 0.538. The van der Waals surface area contributed by atoms with Gasteiger partial charge in [-0.3, -0.25) is 4.68 Å². The summed E-state index contributed by atoms with van der Waals surface area (Å²) >= 11 is 1.76. The molecule has 0 spiro atoms. The highest BCUT2D eigenvalue weighted by atomic mass is 32.1. The topological polar surface area (TPSA) is 50.9 Å². The van der Waals surface area contributed by atoms with Gasteiger partial charge in [0.25, 0.3) is 0 Å². The Kier molecular flexibility index (Phi) is 3.18. The van der Waals surface area contributed by atoms with E-state index < -0.39 is 6.10 Å². The molecule has 0 fully saturated rings. The minimum absolute atomic E-state index is 0.447. The Labute approximate surface area is 110 Å². The minimum atomic E-state index is -0.447. The van der Waals surface area contributed by atoms with Gasteiger partial charge in [0.1, 0.15) is 0 Å². The van der Waals surface area contributed by atoms with Crippen LogP contribution >= 0.6 is 11.3 Å². The second-order valence-electron chi connectivity index (χ2n) is 4.91. The summed E-state index contributed by atoms with van der Waals surface area (Å²) in [6.07, 6.45) is 6.87. The van der Waals surface area contributed by atoms with Gasteiger partial charge in [-0.05, 0) is 37.3 Å². The molecule has 5 heteroatoms. The monoisotopic (exact) mass is 263 g/mol. The van der Waals surface area contributed by atoms with Gasteiger partial charge in [-0.1, -0.05) is 5.21 Å². The Balaban J connectivity index is 1.75. The number of aromatic nitrogens is 3. The normalized spacial score (nSPS) is 16.6. The molecule has 1 N–H and O–H groups in total. The van der Waals surface area contributed by atoms with Crippen LogP contribution in [0, 0.1) is 0 Å². The summed E-state index contributed by atoms with van der Waals surface area (Å²) in [6, 6.07) is 2.18. The highest BCUT2D eigenvalue weighted by molar-refractivity contribution is 7.12. The standard InChI is InChI=1S/C13H17N3OS/c1-16-8-10(14-15-16)7-11(17)13-6-9-4-2-3-5-12(9)18-13/h6,8,11,17H,2-5,7H2,1H3. The first-order valence-corrected chi connectivity index (χ1v) is 7.19. The van der Waals surface area contributed by atoms with E-state index in [4.69, 9.17) is 0 Å². The molecule has 1 aliphatic carbocycles. The molecule has 4 nitrogen and oxygen atoms in total. The lowest BCUT2D eigenvalue weighted by atomic mass is 9.99. The third-order valence-electron chi connectivity index (χ3n) is 3.40. The number of hydrogen-bond acceptors (Lipinski definition) is 4. The Morgan fingerprint density at radius 2 is 2.28 bits per heavy atom. The molecule has 1 unspecified atom stereocenters. The highest BCUT2D eigenvalue weighted by Crippen LogP contribution is 2.33. The summed E-state index contributed by atoms with van der Waals surface area (Å²) in [4.78, 5) is 2.54. The Morgan fingerprint density at radius 3 is 3.00 bits per heavy atom. The third kappa shape index (κ3) is 2.33. The molecule has 2 aromatic heterocycles. The van der Waals surface area contributed by atoms with Crippen LogP contribution in [-0.2, 0) is 26.3 Å². The maximum absolute atomic E-state index is 10.3. The predicted molar refractivity (Wildman–Crippen MR) is 70.6 cm³/mol. The van der Waals surface area contributed by atoms with Crippen molar-refractivity contribution in [3.8, 4) is 0 Å². The van der Waals surface area contributed by atoms with E-state index in [1.54, 1.807) is 16.0 Å². The zero-order valence-electron chi connectivity index (χ0n) is 10.5. The fourth-order valence-corrected chi connectivity index (χ4v) is 3.71.